The summed E-state index contributed by atoms with van der Waals surface area (Å²) in [7, 11) is -2.15. The third kappa shape index (κ3) is 2.94. The molecule has 0 aromatic heterocycles. The average molecular weight is 246 g/mol. The molecular formula is C14H14O2S. The van der Waals surface area contributed by atoms with Crippen molar-refractivity contribution in [2.24, 2.45) is 0 Å². The summed E-state index contributed by atoms with van der Waals surface area (Å²) in [5.74, 6) is -0.175. The standard InChI is InChI=1S/C14H14O2S/c1-17(2,16)10-14(15)13-8-7-11-5-3-4-6-12(11)9-13/h3-10H,1-2H3. The summed E-state index contributed by atoms with van der Waals surface area (Å²) in [5, 5.41) is 3.42. The first-order valence-electron chi connectivity index (χ1n) is 5.28. The van der Waals surface area contributed by atoms with Crippen LogP contribution >= 0.6 is 0 Å². The van der Waals surface area contributed by atoms with Crippen molar-refractivity contribution in [1.29, 1.82) is 0 Å². The lowest BCUT2D eigenvalue weighted by Crippen LogP contribution is -2.08. The average Bonchev–Trinajstić information content (AvgIpc) is 2.26. The number of carbonyl (C=O) groups is 1. The molecule has 0 N–H and O–H groups in total. The van der Waals surface area contributed by atoms with Crippen LogP contribution in [-0.2, 0) is 9.52 Å². The zero-order chi connectivity index (χ0) is 12.5. The van der Waals surface area contributed by atoms with E-state index in [1.165, 1.54) is 5.37 Å². The second-order valence-corrected chi connectivity index (χ2v) is 7.21. The molecule has 0 fully saturated rings. The Hall–Kier alpha value is -1.61. The minimum atomic E-state index is -2.15. The number of fused-ring (bicyclic) bond motifs is 1. The van der Waals surface area contributed by atoms with Crippen molar-refractivity contribution in [3.63, 3.8) is 0 Å². The molecule has 0 saturated heterocycles. The lowest BCUT2D eigenvalue weighted by atomic mass is 10.1. The first kappa shape index (κ1) is 11.9. The Kier molecular flexibility index (Phi) is 3.03. The number of ketones is 1. The van der Waals surface area contributed by atoms with Crippen LogP contribution in [0.15, 0.2) is 42.5 Å². The van der Waals surface area contributed by atoms with Gasteiger partial charge in [0.1, 0.15) is 0 Å². The molecule has 0 radical (unpaired) electrons. The van der Waals surface area contributed by atoms with Crippen LogP contribution in [0.1, 0.15) is 10.4 Å². The summed E-state index contributed by atoms with van der Waals surface area (Å²) in [6.45, 7) is 0. The van der Waals surface area contributed by atoms with Crippen LogP contribution in [0, 0.1) is 0 Å². The SMILES string of the molecule is CS(C)(=O)=CC(=O)c1ccc2ccccc2c1. The molecule has 2 rings (SSSR count). The number of hydrogen-bond acceptors (Lipinski definition) is 2. The quantitative estimate of drug-likeness (QED) is 0.602. The molecule has 17 heavy (non-hydrogen) atoms. The van der Waals surface area contributed by atoms with Gasteiger partial charge >= 0.3 is 0 Å². The molecule has 88 valence electrons. The molecule has 0 saturated carbocycles. The molecule has 0 bridgehead atoms. The van der Waals surface area contributed by atoms with Crippen molar-refractivity contribution in [3.05, 3.63) is 48.0 Å². The summed E-state index contributed by atoms with van der Waals surface area (Å²) < 4.78 is 11.6. The predicted molar refractivity (Wildman–Crippen MR) is 74.3 cm³/mol. The molecule has 2 nitrogen and oxygen atoms in total. The van der Waals surface area contributed by atoms with Gasteiger partial charge in [0.2, 0.25) is 0 Å². The molecule has 0 amide bonds. The van der Waals surface area contributed by atoms with Gasteiger partial charge in [0.15, 0.2) is 5.78 Å². The maximum absolute atomic E-state index is 11.9. The van der Waals surface area contributed by atoms with E-state index in [2.05, 4.69) is 0 Å². The lowest BCUT2D eigenvalue weighted by molar-refractivity contribution is 0.107. The first-order valence-corrected chi connectivity index (χ1v) is 7.71. The van der Waals surface area contributed by atoms with E-state index in [0.717, 1.165) is 10.8 Å². The van der Waals surface area contributed by atoms with E-state index in [1.54, 1.807) is 18.6 Å². The fraction of sp³-hybridized carbons (Fsp3) is 0.143. The zero-order valence-corrected chi connectivity index (χ0v) is 10.7. The highest BCUT2D eigenvalue weighted by Gasteiger charge is 2.05. The predicted octanol–water partition coefficient (Wildman–Crippen LogP) is 2.37. The van der Waals surface area contributed by atoms with Crippen molar-refractivity contribution >= 4 is 31.4 Å². The molecular weight excluding hydrogens is 232 g/mol. The summed E-state index contributed by atoms with van der Waals surface area (Å²) in [6, 6.07) is 13.4. The van der Waals surface area contributed by atoms with Gasteiger partial charge in [-0.25, -0.2) is 0 Å². The highest BCUT2D eigenvalue weighted by Crippen LogP contribution is 2.15. The number of benzene rings is 2. The van der Waals surface area contributed by atoms with Gasteiger partial charge in [0.05, 0.1) is 0 Å². The topological polar surface area (TPSA) is 34.1 Å². The highest BCUT2D eigenvalue weighted by atomic mass is 32.2. The Labute approximate surface area is 101 Å². The Morgan fingerprint density at radius 3 is 2.35 bits per heavy atom. The third-order valence-electron chi connectivity index (χ3n) is 2.42. The smallest absolute Gasteiger partial charge is 0.193 e. The van der Waals surface area contributed by atoms with Crippen LogP contribution in [0.3, 0.4) is 0 Å². The molecule has 0 unspecified atom stereocenters. The van der Waals surface area contributed by atoms with Crippen molar-refractivity contribution in [3.8, 4) is 0 Å². The monoisotopic (exact) mass is 246 g/mol. The van der Waals surface area contributed by atoms with E-state index in [1.807, 2.05) is 36.4 Å². The molecule has 3 heteroatoms. The molecule has 2 aromatic carbocycles. The third-order valence-corrected chi connectivity index (χ3v) is 3.21. The molecule has 2 aromatic rings. The highest BCUT2D eigenvalue weighted by molar-refractivity contribution is 8.01. The molecule has 0 atom stereocenters. The molecule has 0 heterocycles. The Morgan fingerprint density at radius 2 is 1.71 bits per heavy atom. The summed E-state index contributed by atoms with van der Waals surface area (Å²) in [6.07, 6.45) is 3.12. The van der Waals surface area contributed by atoms with Crippen molar-refractivity contribution in [1.82, 2.24) is 0 Å². The van der Waals surface area contributed by atoms with E-state index in [0.29, 0.717) is 5.56 Å². The molecule has 0 spiro atoms. The van der Waals surface area contributed by atoms with Crippen molar-refractivity contribution in [2.45, 2.75) is 0 Å². The van der Waals surface area contributed by atoms with E-state index in [-0.39, 0.29) is 5.78 Å². The van der Waals surface area contributed by atoms with Gasteiger partial charge in [-0.05, 0) is 26.4 Å². The van der Waals surface area contributed by atoms with Gasteiger partial charge < -0.3 is 0 Å². The second-order valence-electron chi connectivity index (χ2n) is 4.35. The minimum absolute atomic E-state index is 0.175. The maximum atomic E-state index is 11.9. The number of Topliss-reactive ketones (excluding diaryl/α,β-unsaturated/α-hetero) is 1. The lowest BCUT2D eigenvalue weighted by Gasteiger charge is -2.01. The van der Waals surface area contributed by atoms with Gasteiger partial charge in [-0.2, -0.15) is 0 Å². The van der Waals surface area contributed by atoms with Gasteiger partial charge in [0.25, 0.3) is 0 Å². The molecule has 0 aliphatic rings. The van der Waals surface area contributed by atoms with Gasteiger partial charge in [0, 0.05) is 23.4 Å². The van der Waals surface area contributed by atoms with Gasteiger partial charge in [-0.3, -0.25) is 9.00 Å². The normalized spacial score (nSPS) is 11.4. The van der Waals surface area contributed by atoms with Crippen molar-refractivity contribution < 1.29 is 9.00 Å². The summed E-state index contributed by atoms with van der Waals surface area (Å²) in [5.41, 5.74) is 0.583. The first-order chi connectivity index (χ1) is 7.96. The number of carbonyl (C=O) groups excluding carboxylic acids is 1. The second kappa shape index (κ2) is 4.34. The fourth-order valence-corrected chi connectivity index (χ4v) is 2.32. The van der Waals surface area contributed by atoms with Gasteiger partial charge in [-0.15, -0.1) is 0 Å². The van der Waals surface area contributed by atoms with E-state index < -0.39 is 9.52 Å². The minimum Gasteiger partial charge on any atom is -0.289 e. The van der Waals surface area contributed by atoms with E-state index in [4.69, 9.17) is 0 Å². The molecule has 0 aliphatic carbocycles. The van der Waals surface area contributed by atoms with Crippen LogP contribution in [0.2, 0.25) is 0 Å². The zero-order valence-electron chi connectivity index (χ0n) is 9.84. The van der Waals surface area contributed by atoms with Crippen LogP contribution in [0.5, 0.6) is 0 Å². The Bertz CT molecular complexity index is 684. The molecule has 0 aliphatic heterocycles. The summed E-state index contributed by atoms with van der Waals surface area (Å²) >= 11 is 0. The maximum Gasteiger partial charge on any atom is 0.193 e. The van der Waals surface area contributed by atoms with Crippen LogP contribution < -0.4 is 0 Å². The van der Waals surface area contributed by atoms with Crippen LogP contribution in [-0.4, -0.2) is 27.9 Å². The van der Waals surface area contributed by atoms with Crippen LogP contribution in [0.25, 0.3) is 10.8 Å². The van der Waals surface area contributed by atoms with Crippen molar-refractivity contribution in [2.75, 3.05) is 12.5 Å². The van der Waals surface area contributed by atoms with E-state index >= 15 is 0 Å². The summed E-state index contributed by atoms with van der Waals surface area (Å²) in [4.78, 5) is 11.9. The van der Waals surface area contributed by atoms with Crippen LogP contribution in [0.4, 0.5) is 0 Å². The Morgan fingerprint density at radius 1 is 1.06 bits per heavy atom. The largest absolute Gasteiger partial charge is 0.289 e. The Balaban J connectivity index is 2.51. The van der Waals surface area contributed by atoms with E-state index in [9.17, 15) is 9.00 Å². The number of hydrogen-bond donors (Lipinski definition) is 0. The van der Waals surface area contributed by atoms with Gasteiger partial charge in [-0.1, -0.05) is 36.4 Å². The number of rotatable bonds is 2. The fourth-order valence-electron chi connectivity index (χ4n) is 1.67.